The molecule has 1 aliphatic heterocycles. The number of nitrogens with zero attached hydrogens (tertiary/aromatic N) is 1. The van der Waals surface area contributed by atoms with Crippen molar-refractivity contribution in [3.8, 4) is 0 Å². The van der Waals surface area contributed by atoms with Crippen LogP contribution in [0.2, 0.25) is 0 Å². The minimum Gasteiger partial charge on any atom is -0.338 e. The topological polar surface area (TPSA) is 32.3 Å². The summed E-state index contributed by atoms with van der Waals surface area (Å²) < 4.78 is 0. The molecule has 1 aromatic rings. The molecule has 0 saturated carbocycles. The minimum absolute atomic E-state index is 0.204. The van der Waals surface area contributed by atoms with Crippen LogP contribution in [0, 0.1) is 11.8 Å². The number of likely N-dealkylation sites (tertiary alicyclic amines) is 1. The van der Waals surface area contributed by atoms with Gasteiger partial charge in [-0.15, -0.1) is 0 Å². The van der Waals surface area contributed by atoms with E-state index in [2.05, 4.69) is 25.2 Å². The van der Waals surface area contributed by atoms with Crippen molar-refractivity contribution in [2.45, 2.75) is 26.7 Å². The monoisotopic (exact) mass is 274 g/mol. The van der Waals surface area contributed by atoms with Gasteiger partial charge >= 0.3 is 0 Å². The quantitative estimate of drug-likeness (QED) is 0.915. The molecule has 1 fully saturated rings. The normalized spacial score (nSPS) is 22.9. The molecule has 0 spiro atoms. The number of benzene rings is 1. The molecular formula is C17H26N2O. The van der Waals surface area contributed by atoms with Gasteiger partial charge < -0.3 is 10.2 Å². The van der Waals surface area contributed by atoms with Crippen molar-refractivity contribution < 1.29 is 4.79 Å². The first kappa shape index (κ1) is 15.0. The van der Waals surface area contributed by atoms with Crippen LogP contribution in [-0.2, 0) is 6.42 Å². The van der Waals surface area contributed by atoms with Crippen LogP contribution in [0.3, 0.4) is 0 Å². The van der Waals surface area contributed by atoms with Gasteiger partial charge in [-0.2, -0.15) is 0 Å². The number of carbonyl (C=O) groups excluding carboxylic acids is 1. The second kappa shape index (κ2) is 6.89. The van der Waals surface area contributed by atoms with Gasteiger partial charge in [-0.25, -0.2) is 0 Å². The maximum atomic E-state index is 12.7. The third-order valence-corrected chi connectivity index (χ3v) is 4.51. The number of rotatable bonds is 4. The van der Waals surface area contributed by atoms with Crippen molar-refractivity contribution >= 4 is 5.91 Å². The number of piperidine rings is 1. The second-order valence-electron chi connectivity index (χ2n) is 6.01. The lowest BCUT2D eigenvalue weighted by molar-refractivity contribution is 0.0626. The van der Waals surface area contributed by atoms with E-state index in [-0.39, 0.29) is 5.91 Å². The summed E-state index contributed by atoms with van der Waals surface area (Å²) in [6.45, 7) is 7.22. The Morgan fingerprint density at radius 1 is 1.30 bits per heavy atom. The van der Waals surface area contributed by atoms with Crippen LogP contribution in [0.25, 0.3) is 0 Å². The van der Waals surface area contributed by atoms with E-state index >= 15 is 0 Å². The Bertz CT molecular complexity index is 458. The summed E-state index contributed by atoms with van der Waals surface area (Å²) in [7, 11) is 1.94. The predicted molar refractivity (Wildman–Crippen MR) is 82.9 cm³/mol. The molecule has 1 N–H and O–H groups in total. The number of carbonyl (C=O) groups is 1. The fourth-order valence-corrected chi connectivity index (χ4v) is 2.82. The third kappa shape index (κ3) is 3.40. The van der Waals surface area contributed by atoms with Gasteiger partial charge in [-0.05, 0) is 49.9 Å². The Labute approximate surface area is 122 Å². The molecule has 3 heteroatoms. The van der Waals surface area contributed by atoms with Crippen LogP contribution in [0.4, 0.5) is 0 Å². The number of hydrogen-bond donors (Lipinski definition) is 1. The summed E-state index contributed by atoms with van der Waals surface area (Å²) in [4.78, 5) is 14.8. The molecular weight excluding hydrogens is 248 g/mol. The average molecular weight is 274 g/mol. The summed E-state index contributed by atoms with van der Waals surface area (Å²) in [6.07, 6.45) is 2.02. The van der Waals surface area contributed by atoms with Gasteiger partial charge in [0.15, 0.2) is 0 Å². The van der Waals surface area contributed by atoms with E-state index in [1.54, 1.807) is 0 Å². The summed E-state index contributed by atoms with van der Waals surface area (Å²) >= 11 is 0. The van der Waals surface area contributed by atoms with Crippen molar-refractivity contribution in [1.29, 1.82) is 0 Å². The summed E-state index contributed by atoms with van der Waals surface area (Å²) in [5.41, 5.74) is 2.03. The highest BCUT2D eigenvalue weighted by Gasteiger charge is 2.27. The molecule has 1 saturated heterocycles. The zero-order valence-electron chi connectivity index (χ0n) is 12.9. The first-order valence-corrected chi connectivity index (χ1v) is 7.65. The summed E-state index contributed by atoms with van der Waals surface area (Å²) in [5, 5.41) is 3.15. The van der Waals surface area contributed by atoms with Gasteiger partial charge in [0.25, 0.3) is 5.91 Å². The molecule has 1 heterocycles. The molecule has 0 bridgehead atoms. The first-order chi connectivity index (χ1) is 9.63. The molecule has 110 valence electrons. The van der Waals surface area contributed by atoms with Crippen LogP contribution < -0.4 is 5.32 Å². The van der Waals surface area contributed by atoms with Gasteiger partial charge in [0.2, 0.25) is 0 Å². The summed E-state index contributed by atoms with van der Waals surface area (Å²) in [6, 6.07) is 8.02. The third-order valence-electron chi connectivity index (χ3n) is 4.51. The zero-order chi connectivity index (χ0) is 14.5. The number of likely N-dealkylation sites (N-methyl/N-ethyl adjacent to an activating group) is 1. The largest absolute Gasteiger partial charge is 0.338 e. The van der Waals surface area contributed by atoms with Gasteiger partial charge in [-0.3, -0.25) is 4.79 Å². The molecule has 1 aromatic carbocycles. The Hall–Kier alpha value is -1.35. The molecule has 0 aliphatic carbocycles. The van der Waals surface area contributed by atoms with Crippen LogP contribution in [0.1, 0.15) is 36.2 Å². The molecule has 1 aliphatic rings. The van der Waals surface area contributed by atoms with Crippen molar-refractivity contribution in [3.63, 3.8) is 0 Å². The average Bonchev–Trinajstić information content (AvgIpc) is 2.47. The highest BCUT2D eigenvalue weighted by atomic mass is 16.2. The Balaban J connectivity index is 2.12. The standard InChI is InChI=1S/C17H26N2O/c1-13-9-11-19(12-14(13)2)17(20)16-7-5-4-6-15(16)8-10-18-3/h4-7,13-14,18H,8-12H2,1-3H3. The maximum absolute atomic E-state index is 12.7. The van der Waals surface area contributed by atoms with E-state index in [9.17, 15) is 4.79 Å². The van der Waals surface area contributed by atoms with Gasteiger partial charge in [0, 0.05) is 18.7 Å². The predicted octanol–water partition coefficient (Wildman–Crippen LogP) is 2.57. The van der Waals surface area contributed by atoms with Crippen LogP contribution >= 0.6 is 0 Å². The fourth-order valence-electron chi connectivity index (χ4n) is 2.82. The molecule has 2 unspecified atom stereocenters. The lowest BCUT2D eigenvalue weighted by atomic mass is 9.88. The van der Waals surface area contributed by atoms with Crippen LogP contribution in [0.15, 0.2) is 24.3 Å². The van der Waals surface area contributed by atoms with Crippen molar-refractivity contribution in [2.75, 3.05) is 26.7 Å². The Morgan fingerprint density at radius 2 is 2.05 bits per heavy atom. The zero-order valence-corrected chi connectivity index (χ0v) is 12.9. The lowest BCUT2D eigenvalue weighted by Gasteiger charge is -2.35. The highest BCUT2D eigenvalue weighted by molar-refractivity contribution is 5.95. The molecule has 20 heavy (non-hydrogen) atoms. The van der Waals surface area contributed by atoms with E-state index < -0.39 is 0 Å². The summed E-state index contributed by atoms with van der Waals surface area (Å²) in [5.74, 6) is 1.52. The van der Waals surface area contributed by atoms with Gasteiger partial charge in [-0.1, -0.05) is 32.0 Å². The second-order valence-corrected chi connectivity index (χ2v) is 6.01. The van der Waals surface area contributed by atoms with Crippen LogP contribution in [0.5, 0.6) is 0 Å². The number of amides is 1. The SMILES string of the molecule is CNCCc1ccccc1C(=O)N1CCC(C)C(C)C1. The number of nitrogens with one attached hydrogen (secondary N) is 1. The van der Waals surface area contributed by atoms with E-state index in [1.165, 1.54) is 0 Å². The lowest BCUT2D eigenvalue weighted by Crippen LogP contribution is -2.42. The van der Waals surface area contributed by atoms with Crippen molar-refractivity contribution in [2.24, 2.45) is 11.8 Å². The molecule has 0 radical (unpaired) electrons. The van der Waals surface area contributed by atoms with E-state index in [1.807, 2.05) is 30.1 Å². The van der Waals surface area contributed by atoms with E-state index in [0.29, 0.717) is 5.92 Å². The molecule has 1 amide bonds. The van der Waals surface area contributed by atoms with Crippen molar-refractivity contribution in [1.82, 2.24) is 10.2 Å². The van der Waals surface area contributed by atoms with Gasteiger partial charge in [0.1, 0.15) is 0 Å². The molecule has 0 aromatic heterocycles. The maximum Gasteiger partial charge on any atom is 0.254 e. The van der Waals surface area contributed by atoms with Gasteiger partial charge in [0.05, 0.1) is 0 Å². The molecule has 2 rings (SSSR count). The molecule has 2 atom stereocenters. The van der Waals surface area contributed by atoms with E-state index in [4.69, 9.17) is 0 Å². The van der Waals surface area contributed by atoms with E-state index in [0.717, 1.165) is 49.5 Å². The first-order valence-electron chi connectivity index (χ1n) is 7.65. The fraction of sp³-hybridized carbons (Fsp3) is 0.588. The number of hydrogen-bond acceptors (Lipinski definition) is 2. The smallest absolute Gasteiger partial charge is 0.254 e. The Kier molecular flexibility index (Phi) is 5.18. The molecule has 3 nitrogen and oxygen atoms in total. The Morgan fingerprint density at radius 3 is 2.75 bits per heavy atom. The minimum atomic E-state index is 0.204. The van der Waals surface area contributed by atoms with Crippen molar-refractivity contribution in [3.05, 3.63) is 35.4 Å². The van der Waals surface area contributed by atoms with Crippen LogP contribution in [-0.4, -0.2) is 37.5 Å². The highest BCUT2D eigenvalue weighted by Crippen LogP contribution is 2.24.